The fourth-order valence-electron chi connectivity index (χ4n) is 2.26. The van der Waals surface area contributed by atoms with Gasteiger partial charge in [0.1, 0.15) is 12.4 Å². The second-order valence-corrected chi connectivity index (χ2v) is 4.72. The topological polar surface area (TPSA) is 22.1 Å². The lowest BCUT2D eigenvalue weighted by atomic mass is 10.0. The van der Waals surface area contributed by atoms with E-state index in [0.717, 1.165) is 23.3 Å². The molecule has 1 aliphatic rings. The van der Waals surface area contributed by atoms with Crippen molar-refractivity contribution in [1.82, 2.24) is 4.98 Å². The lowest BCUT2D eigenvalue weighted by molar-refractivity contribution is 0.210. The van der Waals surface area contributed by atoms with Gasteiger partial charge in [0, 0.05) is 11.8 Å². The molecule has 3 rings (SSSR count). The third-order valence-corrected chi connectivity index (χ3v) is 3.31. The van der Waals surface area contributed by atoms with Crippen molar-refractivity contribution >= 4 is 0 Å². The Morgan fingerprint density at radius 1 is 1.10 bits per heavy atom. The molecule has 0 bridgehead atoms. The van der Waals surface area contributed by atoms with Crippen molar-refractivity contribution in [3.05, 3.63) is 84.5 Å². The van der Waals surface area contributed by atoms with E-state index >= 15 is 0 Å². The second-order valence-electron chi connectivity index (χ2n) is 4.72. The molecule has 2 aromatic rings. The van der Waals surface area contributed by atoms with E-state index in [1.165, 1.54) is 6.20 Å². The van der Waals surface area contributed by atoms with Gasteiger partial charge in [-0.1, -0.05) is 30.3 Å². The number of allylic oxidation sites excluding steroid dienone is 3. The average Bonchev–Trinajstić information content (AvgIpc) is 2.55. The molecular formula is C18H15FNO. The van der Waals surface area contributed by atoms with Crippen LogP contribution in [0.1, 0.15) is 12.0 Å². The van der Waals surface area contributed by atoms with E-state index in [1.807, 2.05) is 42.5 Å². The molecule has 1 heterocycles. The minimum atomic E-state index is -0.462. The maximum absolute atomic E-state index is 13.9. The number of rotatable bonds is 4. The zero-order chi connectivity index (χ0) is 14.5. The van der Waals surface area contributed by atoms with Crippen LogP contribution in [0.25, 0.3) is 11.1 Å². The number of ether oxygens (including phenoxy) is 1. The summed E-state index contributed by atoms with van der Waals surface area (Å²) in [7, 11) is 0. The molecule has 1 radical (unpaired) electrons. The Hall–Kier alpha value is -2.42. The Bertz CT molecular complexity index is 691. The summed E-state index contributed by atoms with van der Waals surface area (Å²) in [6.07, 6.45) is 10.3. The minimum Gasteiger partial charge on any atom is -0.489 e. The van der Waals surface area contributed by atoms with Crippen molar-refractivity contribution in [2.24, 2.45) is 0 Å². The fourth-order valence-corrected chi connectivity index (χ4v) is 2.26. The standard InChI is InChI=1S/C18H15FNO/c19-18-17(11-6-12-20-18)16-10-5-4-7-14(16)13-21-15-8-2-1-3-9-15/h1-2,4-12H,3,13H2. The third kappa shape index (κ3) is 3.19. The van der Waals surface area contributed by atoms with Crippen LogP contribution in [-0.4, -0.2) is 4.98 Å². The normalized spacial score (nSPS) is 13.9. The third-order valence-electron chi connectivity index (χ3n) is 3.31. The van der Waals surface area contributed by atoms with E-state index in [2.05, 4.69) is 11.4 Å². The number of aromatic nitrogens is 1. The monoisotopic (exact) mass is 280 g/mol. The van der Waals surface area contributed by atoms with Gasteiger partial charge in [-0.3, -0.25) is 0 Å². The van der Waals surface area contributed by atoms with Crippen LogP contribution in [0.4, 0.5) is 4.39 Å². The molecule has 0 fully saturated rings. The van der Waals surface area contributed by atoms with Crippen LogP contribution in [0.3, 0.4) is 0 Å². The summed E-state index contributed by atoms with van der Waals surface area (Å²) in [5.74, 6) is 0.385. The Morgan fingerprint density at radius 3 is 2.76 bits per heavy atom. The smallest absolute Gasteiger partial charge is 0.220 e. The predicted octanol–water partition coefficient (Wildman–Crippen LogP) is 4.45. The van der Waals surface area contributed by atoms with Crippen LogP contribution in [0, 0.1) is 12.4 Å². The van der Waals surface area contributed by atoms with Crippen LogP contribution in [0.2, 0.25) is 0 Å². The first-order valence-corrected chi connectivity index (χ1v) is 6.86. The number of hydrogen-bond donors (Lipinski definition) is 0. The lowest BCUT2D eigenvalue weighted by Crippen LogP contribution is -1.98. The van der Waals surface area contributed by atoms with Gasteiger partial charge < -0.3 is 4.74 Å². The molecule has 105 valence electrons. The van der Waals surface area contributed by atoms with Gasteiger partial charge in [0.2, 0.25) is 5.95 Å². The first-order valence-electron chi connectivity index (χ1n) is 6.86. The van der Waals surface area contributed by atoms with Crippen molar-refractivity contribution in [1.29, 1.82) is 0 Å². The Labute approximate surface area is 123 Å². The summed E-state index contributed by atoms with van der Waals surface area (Å²) in [6, 6.07) is 11.1. The highest BCUT2D eigenvalue weighted by Gasteiger charge is 2.10. The Morgan fingerprint density at radius 2 is 1.95 bits per heavy atom. The van der Waals surface area contributed by atoms with E-state index in [1.54, 1.807) is 12.1 Å². The number of benzene rings is 1. The summed E-state index contributed by atoms with van der Waals surface area (Å²) in [5.41, 5.74) is 2.25. The molecule has 0 saturated carbocycles. The maximum atomic E-state index is 13.9. The SMILES string of the molecule is Fc1ncccc1-c1ccccc1COC1=CC[CH]C=C1. The summed E-state index contributed by atoms with van der Waals surface area (Å²) in [4.78, 5) is 3.71. The summed E-state index contributed by atoms with van der Waals surface area (Å²) in [5, 5.41) is 0. The molecule has 0 unspecified atom stereocenters. The van der Waals surface area contributed by atoms with Crippen LogP contribution in [0.15, 0.2) is 66.6 Å². The zero-order valence-electron chi connectivity index (χ0n) is 11.5. The molecule has 2 nitrogen and oxygen atoms in total. The van der Waals surface area contributed by atoms with Crippen molar-refractivity contribution in [2.45, 2.75) is 13.0 Å². The van der Waals surface area contributed by atoms with Gasteiger partial charge in [0.25, 0.3) is 0 Å². The van der Waals surface area contributed by atoms with Gasteiger partial charge in [0.05, 0.1) is 0 Å². The largest absolute Gasteiger partial charge is 0.489 e. The highest BCUT2D eigenvalue weighted by atomic mass is 19.1. The van der Waals surface area contributed by atoms with E-state index in [-0.39, 0.29) is 0 Å². The van der Waals surface area contributed by atoms with Gasteiger partial charge in [0.15, 0.2) is 0 Å². The molecule has 0 N–H and O–H groups in total. The molecule has 1 aromatic heterocycles. The fraction of sp³-hybridized carbons (Fsp3) is 0.111. The van der Waals surface area contributed by atoms with Crippen molar-refractivity contribution in [3.8, 4) is 11.1 Å². The average molecular weight is 280 g/mol. The summed E-state index contributed by atoms with van der Waals surface area (Å²) < 4.78 is 19.7. The van der Waals surface area contributed by atoms with Gasteiger partial charge in [-0.2, -0.15) is 4.39 Å². The summed E-state index contributed by atoms with van der Waals surface area (Å²) in [6.45, 7) is 0.403. The number of pyridine rings is 1. The first-order chi connectivity index (χ1) is 10.3. The van der Waals surface area contributed by atoms with Crippen LogP contribution < -0.4 is 0 Å². The summed E-state index contributed by atoms with van der Waals surface area (Å²) >= 11 is 0. The quantitative estimate of drug-likeness (QED) is 0.772. The Kier molecular flexibility index (Phi) is 4.10. The molecule has 0 saturated heterocycles. The molecule has 0 spiro atoms. The molecule has 0 aliphatic heterocycles. The van der Waals surface area contributed by atoms with Gasteiger partial charge in [-0.05, 0) is 48.3 Å². The number of hydrogen-bond acceptors (Lipinski definition) is 2. The van der Waals surface area contributed by atoms with E-state index in [0.29, 0.717) is 12.2 Å². The molecule has 0 atom stereocenters. The zero-order valence-corrected chi connectivity index (χ0v) is 11.5. The minimum absolute atomic E-state index is 0.403. The molecule has 1 aromatic carbocycles. The highest BCUT2D eigenvalue weighted by Crippen LogP contribution is 2.26. The van der Waals surface area contributed by atoms with Crippen molar-refractivity contribution < 1.29 is 9.13 Å². The van der Waals surface area contributed by atoms with E-state index in [9.17, 15) is 4.39 Å². The number of halogens is 1. The van der Waals surface area contributed by atoms with Crippen LogP contribution >= 0.6 is 0 Å². The molecule has 21 heavy (non-hydrogen) atoms. The van der Waals surface area contributed by atoms with Crippen LogP contribution in [-0.2, 0) is 11.3 Å². The Balaban J connectivity index is 1.85. The first kappa shape index (κ1) is 13.6. The van der Waals surface area contributed by atoms with Gasteiger partial charge in [-0.25, -0.2) is 4.98 Å². The van der Waals surface area contributed by atoms with Crippen molar-refractivity contribution in [2.75, 3.05) is 0 Å². The molecule has 3 heteroatoms. The van der Waals surface area contributed by atoms with E-state index < -0.39 is 5.95 Å². The molecule has 1 aliphatic carbocycles. The lowest BCUT2D eigenvalue weighted by Gasteiger charge is -2.13. The van der Waals surface area contributed by atoms with Gasteiger partial charge in [-0.15, -0.1) is 0 Å². The predicted molar refractivity (Wildman–Crippen MR) is 80.6 cm³/mol. The highest BCUT2D eigenvalue weighted by molar-refractivity contribution is 5.66. The van der Waals surface area contributed by atoms with Gasteiger partial charge >= 0.3 is 0 Å². The second kappa shape index (κ2) is 6.35. The van der Waals surface area contributed by atoms with E-state index in [4.69, 9.17) is 4.74 Å². The molecular weight excluding hydrogens is 265 g/mol. The van der Waals surface area contributed by atoms with Crippen LogP contribution in [0.5, 0.6) is 0 Å². The molecule has 0 amide bonds. The maximum Gasteiger partial charge on any atom is 0.220 e. The number of nitrogens with zero attached hydrogens (tertiary/aromatic N) is 1. The van der Waals surface area contributed by atoms with Crippen molar-refractivity contribution in [3.63, 3.8) is 0 Å².